The number of carbonyl (C=O) groups is 1. The molecule has 3 aromatic rings. The van der Waals surface area contributed by atoms with Gasteiger partial charge in [-0.25, -0.2) is 4.79 Å². The van der Waals surface area contributed by atoms with Gasteiger partial charge in [-0.05, 0) is 49.7 Å². The van der Waals surface area contributed by atoms with Gasteiger partial charge in [0.2, 0.25) is 0 Å². The van der Waals surface area contributed by atoms with E-state index in [-0.39, 0.29) is 5.97 Å². The molecule has 1 aliphatic heterocycles. The van der Waals surface area contributed by atoms with Crippen molar-refractivity contribution in [1.82, 2.24) is 4.57 Å². The lowest BCUT2D eigenvalue weighted by molar-refractivity contribution is 0.0600. The maximum Gasteiger partial charge on any atom is 0.339 e. The number of para-hydroxylation sites is 2. The molecule has 1 aliphatic rings. The number of nitrogens with zero attached hydrogens (tertiary/aromatic N) is 1. The van der Waals surface area contributed by atoms with Crippen molar-refractivity contribution in [3.8, 4) is 5.69 Å². The van der Waals surface area contributed by atoms with Crippen molar-refractivity contribution in [2.75, 3.05) is 12.4 Å². The molecular weight excluding hydrogens is 348 g/mol. The highest BCUT2D eigenvalue weighted by Crippen LogP contribution is 2.43. The Labute approximate surface area is 157 Å². The maximum absolute atomic E-state index is 12.3. The molecule has 0 amide bonds. The molecule has 1 aromatic heterocycles. The molecule has 132 valence electrons. The Morgan fingerprint density at radius 2 is 1.85 bits per heavy atom. The number of hydrogen-bond acceptors (Lipinski definition) is 3. The first-order chi connectivity index (χ1) is 12.5. The minimum atomic E-state index is -0.518. The van der Waals surface area contributed by atoms with Crippen LogP contribution in [-0.2, 0) is 10.3 Å². The highest BCUT2D eigenvalue weighted by Gasteiger charge is 2.39. The lowest BCUT2D eigenvalue weighted by atomic mass is 9.86. The standard InChI is InChI=1S/C21H19ClN2O2/c1-13-16(20(25)26-3)12-19-21(2,14-8-10-15(22)11-9-14)23-17-6-4-5-7-18(17)24(13)19/h4-12,23H,1-3H3. The lowest BCUT2D eigenvalue weighted by Gasteiger charge is -2.39. The van der Waals surface area contributed by atoms with Crippen molar-refractivity contribution in [3.05, 3.63) is 82.1 Å². The van der Waals surface area contributed by atoms with Gasteiger partial charge in [0.05, 0.1) is 29.7 Å². The van der Waals surface area contributed by atoms with E-state index in [2.05, 4.69) is 16.8 Å². The lowest BCUT2D eigenvalue weighted by Crippen LogP contribution is -2.39. The summed E-state index contributed by atoms with van der Waals surface area (Å²) in [5.74, 6) is -0.333. The molecule has 5 heteroatoms. The number of fused-ring (bicyclic) bond motifs is 3. The molecule has 1 unspecified atom stereocenters. The fourth-order valence-electron chi connectivity index (χ4n) is 3.71. The summed E-state index contributed by atoms with van der Waals surface area (Å²) < 4.78 is 7.11. The molecule has 4 nitrogen and oxygen atoms in total. The van der Waals surface area contributed by atoms with Gasteiger partial charge in [-0.3, -0.25) is 0 Å². The summed E-state index contributed by atoms with van der Waals surface area (Å²) in [6, 6.07) is 17.8. The Hall–Kier alpha value is -2.72. The number of ether oxygens (including phenoxy) is 1. The van der Waals surface area contributed by atoms with Crippen LogP contribution in [0.3, 0.4) is 0 Å². The second kappa shape index (κ2) is 5.92. The number of rotatable bonds is 2. The Kier molecular flexibility index (Phi) is 3.81. The number of anilines is 1. The maximum atomic E-state index is 12.3. The number of benzene rings is 2. The van der Waals surface area contributed by atoms with Crippen LogP contribution in [0.1, 0.15) is 34.2 Å². The second-order valence-corrected chi connectivity index (χ2v) is 7.07. The van der Waals surface area contributed by atoms with Gasteiger partial charge < -0.3 is 14.6 Å². The first-order valence-electron chi connectivity index (χ1n) is 8.40. The molecule has 0 spiro atoms. The summed E-state index contributed by atoms with van der Waals surface area (Å²) in [6.45, 7) is 4.05. The third-order valence-corrected chi connectivity index (χ3v) is 5.37. The van der Waals surface area contributed by atoms with Gasteiger partial charge in [0.15, 0.2) is 0 Å². The normalized spacial score (nSPS) is 17.8. The zero-order valence-electron chi connectivity index (χ0n) is 14.8. The summed E-state index contributed by atoms with van der Waals surface area (Å²) in [6.07, 6.45) is 0. The molecule has 0 bridgehead atoms. The first-order valence-corrected chi connectivity index (χ1v) is 8.78. The van der Waals surface area contributed by atoms with Crippen LogP contribution in [0.25, 0.3) is 5.69 Å². The van der Waals surface area contributed by atoms with Crippen LogP contribution in [0, 0.1) is 6.92 Å². The quantitative estimate of drug-likeness (QED) is 0.655. The van der Waals surface area contributed by atoms with Crippen LogP contribution < -0.4 is 5.32 Å². The number of hydrogen-bond donors (Lipinski definition) is 1. The average Bonchev–Trinajstić information content (AvgIpc) is 3.00. The van der Waals surface area contributed by atoms with E-state index in [0.29, 0.717) is 10.6 Å². The third kappa shape index (κ3) is 2.33. The molecule has 0 saturated heterocycles. The van der Waals surface area contributed by atoms with E-state index >= 15 is 0 Å². The molecule has 4 rings (SSSR count). The summed E-state index contributed by atoms with van der Waals surface area (Å²) in [5, 5.41) is 4.34. The van der Waals surface area contributed by atoms with Gasteiger partial charge in [0, 0.05) is 10.7 Å². The van der Waals surface area contributed by atoms with Crippen LogP contribution >= 0.6 is 11.6 Å². The number of nitrogens with one attached hydrogen (secondary N) is 1. The minimum Gasteiger partial charge on any atom is -0.465 e. The summed E-state index contributed by atoms with van der Waals surface area (Å²) in [5.41, 5.74) is 4.98. The van der Waals surface area contributed by atoms with E-state index < -0.39 is 5.54 Å². The molecule has 0 radical (unpaired) electrons. The Morgan fingerprint density at radius 1 is 1.15 bits per heavy atom. The highest BCUT2D eigenvalue weighted by molar-refractivity contribution is 6.30. The number of carbonyl (C=O) groups excluding carboxylic acids is 1. The summed E-state index contributed by atoms with van der Waals surface area (Å²) >= 11 is 6.08. The molecule has 26 heavy (non-hydrogen) atoms. The van der Waals surface area contributed by atoms with Crippen LogP contribution in [0.15, 0.2) is 54.6 Å². The van der Waals surface area contributed by atoms with Crippen molar-refractivity contribution < 1.29 is 9.53 Å². The van der Waals surface area contributed by atoms with Crippen molar-refractivity contribution in [2.24, 2.45) is 0 Å². The molecule has 0 aliphatic carbocycles. The van der Waals surface area contributed by atoms with E-state index in [1.807, 2.05) is 61.5 Å². The molecular formula is C21H19ClN2O2. The fraction of sp³-hybridized carbons (Fsp3) is 0.190. The smallest absolute Gasteiger partial charge is 0.339 e. The largest absolute Gasteiger partial charge is 0.465 e. The molecule has 0 fully saturated rings. The van der Waals surface area contributed by atoms with Crippen molar-refractivity contribution >= 4 is 23.3 Å². The highest BCUT2D eigenvalue weighted by atomic mass is 35.5. The first kappa shape index (κ1) is 16.7. The van der Waals surface area contributed by atoms with Crippen LogP contribution in [0.4, 0.5) is 5.69 Å². The molecule has 0 saturated carbocycles. The van der Waals surface area contributed by atoms with Crippen LogP contribution in [0.2, 0.25) is 5.02 Å². The topological polar surface area (TPSA) is 43.3 Å². The predicted octanol–water partition coefficient (Wildman–Crippen LogP) is 4.91. The van der Waals surface area contributed by atoms with Gasteiger partial charge >= 0.3 is 5.97 Å². The van der Waals surface area contributed by atoms with Gasteiger partial charge in [-0.15, -0.1) is 0 Å². The van der Waals surface area contributed by atoms with E-state index in [1.165, 1.54) is 7.11 Å². The number of halogens is 1. The van der Waals surface area contributed by atoms with Crippen molar-refractivity contribution in [1.29, 1.82) is 0 Å². The molecule has 2 heterocycles. The number of aromatic nitrogens is 1. The Morgan fingerprint density at radius 3 is 2.54 bits per heavy atom. The van der Waals surface area contributed by atoms with E-state index in [9.17, 15) is 4.79 Å². The molecule has 1 atom stereocenters. The summed E-state index contributed by atoms with van der Waals surface area (Å²) in [4.78, 5) is 12.3. The average molecular weight is 367 g/mol. The van der Waals surface area contributed by atoms with Crippen LogP contribution in [-0.4, -0.2) is 17.6 Å². The van der Waals surface area contributed by atoms with E-state index in [0.717, 1.165) is 28.3 Å². The SMILES string of the molecule is COC(=O)c1cc2n(c1C)-c1ccccc1NC2(C)c1ccc(Cl)cc1. The van der Waals surface area contributed by atoms with Crippen molar-refractivity contribution in [2.45, 2.75) is 19.4 Å². The monoisotopic (exact) mass is 366 g/mol. The zero-order chi connectivity index (χ0) is 18.5. The van der Waals surface area contributed by atoms with Gasteiger partial charge in [0.25, 0.3) is 0 Å². The zero-order valence-corrected chi connectivity index (χ0v) is 15.6. The van der Waals surface area contributed by atoms with Gasteiger partial charge in [0.1, 0.15) is 5.54 Å². The number of esters is 1. The molecule has 2 aromatic carbocycles. The third-order valence-electron chi connectivity index (χ3n) is 5.12. The van der Waals surface area contributed by atoms with Gasteiger partial charge in [-0.2, -0.15) is 0 Å². The van der Waals surface area contributed by atoms with E-state index in [4.69, 9.17) is 16.3 Å². The van der Waals surface area contributed by atoms with E-state index in [1.54, 1.807) is 0 Å². The second-order valence-electron chi connectivity index (χ2n) is 6.63. The number of methoxy groups -OCH3 is 1. The Balaban J connectivity index is 2.01. The minimum absolute atomic E-state index is 0.333. The fourth-order valence-corrected chi connectivity index (χ4v) is 3.84. The van der Waals surface area contributed by atoms with Gasteiger partial charge in [-0.1, -0.05) is 35.9 Å². The summed E-state index contributed by atoms with van der Waals surface area (Å²) in [7, 11) is 1.41. The van der Waals surface area contributed by atoms with Crippen molar-refractivity contribution in [3.63, 3.8) is 0 Å². The van der Waals surface area contributed by atoms with Crippen LogP contribution in [0.5, 0.6) is 0 Å². The Bertz CT molecular complexity index is 1010. The predicted molar refractivity (Wildman–Crippen MR) is 103 cm³/mol. The molecule has 1 N–H and O–H groups in total.